The van der Waals surface area contributed by atoms with Crippen LogP contribution in [0.1, 0.15) is 16.2 Å². The van der Waals surface area contributed by atoms with E-state index in [1.54, 1.807) is 18.3 Å². The van der Waals surface area contributed by atoms with E-state index in [1.165, 1.54) is 17.5 Å². The van der Waals surface area contributed by atoms with Gasteiger partial charge in [-0.15, -0.1) is 11.3 Å². The third-order valence-electron chi connectivity index (χ3n) is 2.61. The van der Waals surface area contributed by atoms with E-state index in [1.807, 2.05) is 16.7 Å². The number of hydrogen-bond donors (Lipinski definition) is 1. The molecule has 0 aliphatic carbocycles. The van der Waals surface area contributed by atoms with Gasteiger partial charge in [0.2, 0.25) is 0 Å². The van der Waals surface area contributed by atoms with Gasteiger partial charge in [0.15, 0.2) is 4.96 Å². The van der Waals surface area contributed by atoms with Gasteiger partial charge in [-0.05, 0) is 19.1 Å². The number of thiazole rings is 1. The molecule has 0 spiro atoms. The van der Waals surface area contributed by atoms with Crippen molar-refractivity contribution in [1.82, 2.24) is 14.4 Å². The van der Waals surface area contributed by atoms with Gasteiger partial charge in [-0.2, -0.15) is 0 Å². The molecule has 1 amide bonds. The van der Waals surface area contributed by atoms with E-state index < -0.39 is 0 Å². The fourth-order valence-electron chi connectivity index (χ4n) is 1.68. The molecule has 0 saturated heterocycles. The Kier molecular flexibility index (Phi) is 2.96. The molecule has 3 aromatic rings. The molecule has 19 heavy (non-hydrogen) atoms. The van der Waals surface area contributed by atoms with Crippen molar-refractivity contribution in [2.75, 3.05) is 5.32 Å². The first-order valence-electron chi connectivity index (χ1n) is 5.49. The molecule has 96 valence electrons. The minimum Gasteiger partial charge on any atom is -0.320 e. The molecular weight excluding hydrogens is 284 g/mol. The SMILES string of the molecule is Cc1csc2nc(C(=O)Nc3ccnc(Cl)c3)cn12. The Balaban J connectivity index is 1.87. The number of aryl methyl sites for hydroxylation is 1. The highest BCUT2D eigenvalue weighted by Crippen LogP contribution is 2.17. The molecule has 7 heteroatoms. The second kappa shape index (κ2) is 4.64. The monoisotopic (exact) mass is 292 g/mol. The first-order valence-corrected chi connectivity index (χ1v) is 6.75. The minimum atomic E-state index is -0.266. The van der Waals surface area contributed by atoms with Crippen molar-refractivity contribution in [2.24, 2.45) is 0 Å². The van der Waals surface area contributed by atoms with Crippen molar-refractivity contribution < 1.29 is 4.79 Å². The minimum absolute atomic E-state index is 0.266. The summed E-state index contributed by atoms with van der Waals surface area (Å²) >= 11 is 7.26. The molecular formula is C12H9ClN4OS. The number of imidazole rings is 1. The molecule has 0 fully saturated rings. The van der Waals surface area contributed by atoms with Crippen LogP contribution in [0.2, 0.25) is 5.15 Å². The molecule has 0 radical (unpaired) electrons. The first-order chi connectivity index (χ1) is 9.13. The highest BCUT2D eigenvalue weighted by molar-refractivity contribution is 7.15. The predicted molar refractivity (Wildman–Crippen MR) is 75.0 cm³/mol. The lowest BCUT2D eigenvalue weighted by Crippen LogP contribution is -2.12. The Morgan fingerprint density at radius 2 is 2.37 bits per heavy atom. The Morgan fingerprint density at radius 1 is 1.53 bits per heavy atom. The number of anilines is 1. The second-order valence-corrected chi connectivity index (χ2v) is 5.20. The van der Waals surface area contributed by atoms with Crippen molar-refractivity contribution in [3.05, 3.63) is 46.4 Å². The third-order valence-corrected chi connectivity index (χ3v) is 3.77. The van der Waals surface area contributed by atoms with Crippen molar-refractivity contribution >= 4 is 39.5 Å². The van der Waals surface area contributed by atoms with E-state index in [0.717, 1.165) is 10.7 Å². The summed E-state index contributed by atoms with van der Waals surface area (Å²) in [5.74, 6) is -0.266. The van der Waals surface area contributed by atoms with Gasteiger partial charge in [-0.3, -0.25) is 9.20 Å². The van der Waals surface area contributed by atoms with Gasteiger partial charge in [0, 0.05) is 29.2 Å². The standard InChI is InChI=1S/C12H9ClN4OS/c1-7-6-19-12-16-9(5-17(7)12)11(18)15-8-2-3-14-10(13)4-8/h2-6H,1H3,(H,14,15,18). The van der Waals surface area contributed by atoms with Crippen LogP contribution in [0.15, 0.2) is 29.9 Å². The summed E-state index contributed by atoms with van der Waals surface area (Å²) in [6.07, 6.45) is 3.26. The number of rotatable bonds is 2. The summed E-state index contributed by atoms with van der Waals surface area (Å²) in [6, 6.07) is 3.26. The largest absolute Gasteiger partial charge is 0.320 e. The van der Waals surface area contributed by atoms with Crippen LogP contribution < -0.4 is 5.32 Å². The third kappa shape index (κ3) is 2.32. The van der Waals surface area contributed by atoms with E-state index in [2.05, 4.69) is 15.3 Å². The summed E-state index contributed by atoms with van der Waals surface area (Å²) < 4.78 is 1.89. The molecule has 3 rings (SSSR count). The van der Waals surface area contributed by atoms with Gasteiger partial charge in [-0.25, -0.2) is 9.97 Å². The van der Waals surface area contributed by atoms with Crippen molar-refractivity contribution in [3.63, 3.8) is 0 Å². The number of carbonyl (C=O) groups excluding carboxylic acids is 1. The summed E-state index contributed by atoms with van der Waals surface area (Å²) in [4.78, 5) is 21.0. The van der Waals surface area contributed by atoms with Crippen molar-refractivity contribution in [2.45, 2.75) is 6.92 Å². The molecule has 0 saturated carbocycles. The molecule has 1 N–H and O–H groups in total. The molecule has 3 aromatic heterocycles. The van der Waals surface area contributed by atoms with Crippen LogP contribution in [0.25, 0.3) is 4.96 Å². The van der Waals surface area contributed by atoms with Crippen LogP contribution in [0.4, 0.5) is 5.69 Å². The second-order valence-electron chi connectivity index (χ2n) is 3.98. The lowest BCUT2D eigenvalue weighted by molar-refractivity contribution is 0.102. The number of halogens is 1. The Hall–Kier alpha value is -1.92. The number of carbonyl (C=O) groups is 1. The summed E-state index contributed by atoms with van der Waals surface area (Å²) in [5.41, 5.74) is 2.03. The van der Waals surface area contributed by atoms with Gasteiger partial charge in [0.25, 0.3) is 5.91 Å². The van der Waals surface area contributed by atoms with E-state index in [0.29, 0.717) is 16.5 Å². The molecule has 0 aliphatic heterocycles. The number of nitrogens with one attached hydrogen (secondary N) is 1. The number of nitrogens with zero attached hydrogens (tertiary/aromatic N) is 3. The van der Waals surface area contributed by atoms with Crippen molar-refractivity contribution in [1.29, 1.82) is 0 Å². The van der Waals surface area contributed by atoms with Crippen LogP contribution in [0, 0.1) is 6.92 Å². The number of aromatic nitrogens is 3. The lowest BCUT2D eigenvalue weighted by atomic mass is 10.3. The van der Waals surface area contributed by atoms with Crippen LogP contribution in [0.5, 0.6) is 0 Å². The van der Waals surface area contributed by atoms with Crippen LogP contribution in [-0.4, -0.2) is 20.3 Å². The van der Waals surface area contributed by atoms with Crippen LogP contribution in [-0.2, 0) is 0 Å². The van der Waals surface area contributed by atoms with E-state index >= 15 is 0 Å². The molecule has 0 unspecified atom stereocenters. The average Bonchev–Trinajstić information content (AvgIpc) is 2.92. The number of hydrogen-bond acceptors (Lipinski definition) is 4. The molecule has 0 atom stereocenters. The normalized spacial score (nSPS) is 10.8. The van der Waals surface area contributed by atoms with E-state index in [9.17, 15) is 4.79 Å². The van der Waals surface area contributed by atoms with Crippen molar-refractivity contribution in [3.8, 4) is 0 Å². The van der Waals surface area contributed by atoms with Gasteiger partial charge < -0.3 is 5.32 Å². The van der Waals surface area contributed by atoms with E-state index in [-0.39, 0.29) is 5.91 Å². The maximum atomic E-state index is 12.1. The number of amides is 1. The molecule has 0 aromatic carbocycles. The zero-order chi connectivity index (χ0) is 13.4. The van der Waals surface area contributed by atoms with E-state index in [4.69, 9.17) is 11.6 Å². The Morgan fingerprint density at radius 3 is 3.11 bits per heavy atom. The fraction of sp³-hybridized carbons (Fsp3) is 0.0833. The molecule has 0 bridgehead atoms. The van der Waals surface area contributed by atoms with Gasteiger partial charge in [-0.1, -0.05) is 11.6 Å². The molecule has 5 nitrogen and oxygen atoms in total. The van der Waals surface area contributed by atoms with Gasteiger partial charge in [0.05, 0.1) is 0 Å². The summed E-state index contributed by atoms with van der Waals surface area (Å²) in [6.45, 7) is 1.97. The fourth-order valence-corrected chi connectivity index (χ4v) is 2.70. The Labute approximate surface area is 117 Å². The van der Waals surface area contributed by atoms with Crippen LogP contribution in [0.3, 0.4) is 0 Å². The molecule has 3 heterocycles. The topological polar surface area (TPSA) is 59.3 Å². The number of fused-ring (bicyclic) bond motifs is 1. The van der Waals surface area contributed by atoms with Crippen LogP contribution >= 0.6 is 22.9 Å². The smallest absolute Gasteiger partial charge is 0.275 e. The average molecular weight is 293 g/mol. The summed E-state index contributed by atoms with van der Waals surface area (Å²) in [5, 5.41) is 5.06. The maximum Gasteiger partial charge on any atom is 0.275 e. The first kappa shape index (κ1) is 12.1. The predicted octanol–water partition coefficient (Wildman–Crippen LogP) is 3.00. The zero-order valence-electron chi connectivity index (χ0n) is 9.92. The van der Waals surface area contributed by atoms with Gasteiger partial charge >= 0.3 is 0 Å². The molecule has 0 aliphatic rings. The number of pyridine rings is 1. The van der Waals surface area contributed by atoms with Gasteiger partial charge in [0.1, 0.15) is 10.8 Å². The lowest BCUT2D eigenvalue weighted by Gasteiger charge is -2.02. The highest BCUT2D eigenvalue weighted by Gasteiger charge is 2.13. The quantitative estimate of drug-likeness (QED) is 0.739. The Bertz CT molecular complexity index is 764. The maximum absolute atomic E-state index is 12.1. The zero-order valence-corrected chi connectivity index (χ0v) is 11.5. The summed E-state index contributed by atoms with van der Waals surface area (Å²) in [7, 11) is 0. The highest BCUT2D eigenvalue weighted by atomic mass is 35.5.